The van der Waals surface area contributed by atoms with Crippen LogP contribution in [0.25, 0.3) is 0 Å². The number of nitrogens with one attached hydrogen (secondary N) is 2. The van der Waals surface area contributed by atoms with E-state index in [-0.39, 0.29) is 0 Å². The lowest BCUT2D eigenvalue weighted by atomic mass is 10.2. The predicted molar refractivity (Wildman–Crippen MR) is 102 cm³/mol. The van der Waals surface area contributed by atoms with Crippen LogP contribution in [-0.2, 0) is 19.6 Å². The van der Waals surface area contributed by atoms with Gasteiger partial charge in [0.25, 0.3) is 0 Å². The Morgan fingerprint density at radius 3 is 2.68 bits per heavy atom. The number of rotatable bonds is 7. The van der Waals surface area contributed by atoms with Gasteiger partial charge in [-0.2, -0.15) is 5.10 Å². The highest BCUT2D eigenvalue weighted by atomic mass is 35.5. The molecule has 0 aliphatic heterocycles. The number of aryl methyl sites for hydroxylation is 1. The number of aromatic nitrogens is 3. The first kappa shape index (κ1) is 17.5. The van der Waals surface area contributed by atoms with Crippen LogP contribution in [-0.4, -0.2) is 14.9 Å². The van der Waals surface area contributed by atoms with E-state index in [1.54, 1.807) is 4.68 Å². The highest BCUT2D eigenvalue weighted by Crippen LogP contribution is 2.19. The molecule has 0 atom stereocenters. The Labute approximate surface area is 156 Å². The van der Waals surface area contributed by atoms with E-state index in [9.17, 15) is 0 Å². The van der Waals surface area contributed by atoms with Gasteiger partial charge < -0.3 is 10.2 Å². The molecule has 0 bridgehead atoms. The molecule has 7 heteroatoms. The number of hydrogen-bond donors (Lipinski definition) is 2. The van der Waals surface area contributed by atoms with E-state index in [2.05, 4.69) is 15.6 Å². The van der Waals surface area contributed by atoms with Gasteiger partial charge in [0.1, 0.15) is 12.4 Å². The molecule has 2 aromatic carbocycles. The van der Waals surface area contributed by atoms with Crippen molar-refractivity contribution in [2.24, 2.45) is 0 Å². The highest BCUT2D eigenvalue weighted by Gasteiger charge is 2.04. The number of nitrogens with zero attached hydrogens (tertiary/aromatic N) is 2. The molecule has 5 nitrogen and oxygen atoms in total. The molecule has 0 amide bonds. The van der Waals surface area contributed by atoms with Crippen molar-refractivity contribution in [3.05, 3.63) is 75.3 Å². The number of H-pyrrole nitrogens is 1. The summed E-state index contributed by atoms with van der Waals surface area (Å²) in [6.07, 6.45) is 0.801. The second-order valence-electron chi connectivity index (χ2n) is 5.49. The van der Waals surface area contributed by atoms with Crippen LogP contribution < -0.4 is 10.2 Å². The first-order valence-corrected chi connectivity index (χ1v) is 8.81. The summed E-state index contributed by atoms with van der Waals surface area (Å²) in [4.78, 5) is 0. The van der Waals surface area contributed by atoms with Crippen molar-refractivity contribution in [3.63, 3.8) is 0 Å². The molecule has 0 spiro atoms. The van der Waals surface area contributed by atoms with Gasteiger partial charge in [-0.15, -0.1) is 0 Å². The maximum absolute atomic E-state index is 6.14. The third-order valence-electron chi connectivity index (χ3n) is 3.77. The molecule has 25 heavy (non-hydrogen) atoms. The minimum Gasteiger partial charge on any atom is -0.489 e. The molecular formula is C18H19ClN4OS. The van der Waals surface area contributed by atoms with Gasteiger partial charge in [-0.3, -0.25) is 5.10 Å². The molecule has 0 saturated heterocycles. The first-order chi connectivity index (χ1) is 12.2. The number of hydrogen-bond acceptors (Lipinski definition) is 4. The summed E-state index contributed by atoms with van der Waals surface area (Å²) < 4.78 is 8.16. The number of benzene rings is 2. The number of ether oxygens (including phenoxy) is 1. The van der Waals surface area contributed by atoms with Gasteiger partial charge in [0, 0.05) is 17.0 Å². The van der Waals surface area contributed by atoms with Crippen LogP contribution in [0.2, 0.25) is 5.02 Å². The van der Waals surface area contributed by atoms with Crippen LogP contribution in [0.4, 0.5) is 0 Å². The summed E-state index contributed by atoms with van der Waals surface area (Å²) in [5.74, 6) is 1.68. The third-order valence-corrected chi connectivity index (χ3v) is 4.42. The Hall–Kier alpha value is -2.31. The largest absolute Gasteiger partial charge is 0.489 e. The fraction of sp³-hybridized carbons (Fsp3) is 0.222. The predicted octanol–water partition coefficient (Wildman–Crippen LogP) is 4.48. The van der Waals surface area contributed by atoms with E-state index in [1.165, 1.54) is 0 Å². The minimum absolute atomic E-state index is 0.446. The first-order valence-electron chi connectivity index (χ1n) is 8.02. The van der Waals surface area contributed by atoms with E-state index in [4.69, 9.17) is 28.6 Å². The molecule has 3 aromatic rings. The van der Waals surface area contributed by atoms with Gasteiger partial charge in [-0.05, 0) is 36.0 Å². The van der Waals surface area contributed by atoms with Gasteiger partial charge in [0.2, 0.25) is 4.77 Å². The fourth-order valence-corrected chi connectivity index (χ4v) is 2.79. The summed E-state index contributed by atoms with van der Waals surface area (Å²) >= 11 is 11.4. The van der Waals surface area contributed by atoms with E-state index in [1.807, 2.05) is 55.5 Å². The summed E-state index contributed by atoms with van der Waals surface area (Å²) in [5, 5.41) is 7.68. The van der Waals surface area contributed by atoms with E-state index in [0.717, 1.165) is 29.1 Å². The molecule has 2 N–H and O–H groups in total. The summed E-state index contributed by atoms with van der Waals surface area (Å²) in [6, 6.07) is 15.6. The van der Waals surface area contributed by atoms with Crippen LogP contribution in [0.1, 0.15) is 23.9 Å². The summed E-state index contributed by atoms with van der Waals surface area (Å²) in [7, 11) is 0. The zero-order valence-electron chi connectivity index (χ0n) is 13.8. The molecule has 0 radical (unpaired) electrons. The Bertz CT molecular complexity index is 889. The molecule has 1 aromatic heterocycles. The van der Waals surface area contributed by atoms with E-state index < -0.39 is 0 Å². The molecule has 0 aliphatic rings. The van der Waals surface area contributed by atoms with Crippen molar-refractivity contribution < 1.29 is 4.74 Å². The fourth-order valence-electron chi connectivity index (χ4n) is 2.38. The Morgan fingerprint density at radius 2 is 1.96 bits per heavy atom. The van der Waals surface area contributed by atoms with Gasteiger partial charge in [0.05, 0.1) is 6.54 Å². The van der Waals surface area contributed by atoms with E-state index in [0.29, 0.717) is 22.9 Å². The molecule has 130 valence electrons. The maximum atomic E-state index is 6.14. The number of halogens is 1. The van der Waals surface area contributed by atoms with Gasteiger partial charge >= 0.3 is 0 Å². The lowest BCUT2D eigenvalue weighted by molar-refractivity contribution is 0.306. The standard InChI is InChI=1S/C18H19ClN4OS/c1-2-17-21-22-18(25)23(17)20-11-13-7-9-15(10-8-13)24-12-14-5-3-4-6-16(14)19/h3-10,20H,2,11-12H2,1H3,(H,22,25). The average molecular weight is 375 g/mol. The van der Waals surface area contributed by atoms with Gasteiger partial charge in [-0.1, -0.05) is 48.9 Å². The Balaban J connectivity index is 1.58. The maximum Gasteiger partial charge on any atom is 0.214 e. The summed E-state index contributed by atoms with van der Waals surface area (Å²) in [6.45, 7) is 3.13. The minimum atomic E-state index is 0.446. The molecular weight excluding hydrogens is 356 g/mol. The van der Waals surface area contributed by atoms with Crippen molar-refractivity contribution >= 4 is 23.8 Å². The van der Waals surface area contributed by atoms with Crippen LogP contribution in [0.5, 0.6) is 5.75 Å². The van der Waals surface area contributed by atoms with Crippen molar-refractivity contribution in [2.75, 3.05) is 5.43 Å². The normalized spacial score (nSPS) is 10.6. The van der Waals surface area contributed by atoms with Crippen LogP contribution in [0.3, 0.4) is 0 Å². The zero-order chi connectivity index (χ0) is 17.6. The van der Waals surface area contributed by atoms with Crippen molar-refractivity contribution in [1.82, 2.24) is 14.9 Å². The second-order valence-corrected chi connectivity index (χ2v) is 6.29. The monoisotopic (exact) mass is 374 g/mol. The van der Waals surface area contributed by atoms with Crippen LogP contribution in [0, 0.1) is 4.77 Å². The molecule has 0 fully saturated rings. The third kappa shape index (κ3) is 4.41. The quantitative estimate of drug-likeness (QED) is 0.599. The topological polar surface area (TPSA) is 54.9 Å². The molecule has 1 heterocycles. The lowest BCUT2D eigenvalue weighted by Crippen LogP contribution is -2.17. The highest BCUT2D eigenvalue weighted by molar-refractivity contribution is 7.71. The van der Waals surface area contributed by atoms with Crippen LogP contribution in [0.15, 0.2) is 48.5 Å². The van der Waals surface area contributed by atoms with Crippen molar-refractivity contribution in [1.29, 1.82) is 0 Å². The molecule has 0 unspecified atom stereocenters. The molecule has 3 rings (SSSR count). The Morgan fingerprint density at radius 1 is 1.20 bits per heavy atom. The SMILES string of the molecule is CCc1n[nH]c(=S)n1NCc1ccc(OCc2ccccc2Cl)cc1. The van der Waals surface area contributed by atoms with Crippen molar-refractivity contribution in [2.45, 2.75) is 26.5 Å². The van der Waals surface area contributed by atoms with Crippen LogP contribution >= 0.6 is 23.8 Å². The second kappa shape index (κ2) is 8.18. The van der Waals surface area contributed by atoms with Crippen molar-refractivity contribution in [3.8, 4) is 5.75 Å². The van der Waals surface area contributed by atoms with Gasteiger partial charge in [0.15, 0.2) is 5.82 Å². The van der Waals surface area contributed by atoms with Gasteiger partial charge in [-0.25, -0.2) is 4.68 Å². The lowest BCUT2D eigenvalue weighted by Gasteiger charge is -2.11. The summed E-state index contributed by atoms with van der Waals surface area (Å²) in [5.41, 5.74) is 5.36. The smallest absolute Gasteiger partial charge is 0.214 e. The molecule has 0 aliphatic carbocycles. The average Bonchev–Trinajstić information content (AvgIpc) is 3.00. The number of aromatic amines is 1. The van der Waals surface area contributed by atoms with E-state index >= 15 is 0 Å². The zero-order valence-corrected chi connectivity index (χ0v) is 15.4. The Kier molecular flexibility index (Phi) is 5.73. The molecule has 0 saturated carbocycles.